The minimum absolute atomic E-state index is 0.0164. The molecule has 1 heterocycles. The Morgan fingerprint density at radius 1 is 1.29 bits per heavy atom. The van der Waals surface area contributed by atoms with Crippen molar-refractivity contribution in [3.63, 3.8) is 0 Å². The molecule has 130 valence electrons. The van der Waals surface area contributed by atoms with E-state index in [1.807, 2.05) is 44.2 Å². The van der Waals surface area contributed by atoms with Crippen LogP contribution in [0.15, 0.2) is 54.1 Å². The van der Waals surface area contributed by atoms with Crippen LogP contribution in [0.4, 0.5) is 4.79 Å². The number of amides is 1. The Bertz CT molecular complexity index is 562. The molecule has 1 aliphatic heterocycles. The summed E-state index contributed by atoms with van der Waals surface area (Å²) in [7, 11) is 0. The van der Waals surface area contributed by atoms with Crippen LogP contribution in [-0.4, -0.2) is 24.8 Å². The lowest BCUT2D eigenvalue weighted by Gasteiger charge is -2.18. The van der Waals surface area contributed by atoms with Crippen molar-refractivity contribution in [3.8, 4) is 0 Å². The normalized spacial score (nSPS) is 19.4. The van der Waals surface area contributed by atoms with Crippen LogP contribution in [0.5, 0.6) is 0 Å². The standard InChI is InChI=1S/C18H21NO3.C2H6/c20-18(22-12-15-9-5-2-6-10-15)19-16(17-13-21-17)11-14-7-3-1-4-8-14;1-2/h2-3,5-10,16-17H,1,4,11-13H2,(H,19,20);1-2H3. The van der Waals surface area contributed by atoms with Crippen molar-refractivity contribution in [2.45, 2.75) is 51.9 Å². The zero-order chi connectivity index (χ0) is 17.2. The maximum atomic E-state index is 12.0. The lowest BCUT2D eigenvalue weighted by Crippen LogP contribution is -2.39. The monoisotopic (exact) mass is 329 g/mol. The lowest BCUT2D eigenvalue weighted by molar-refractivity contribution is 0.133. The molecule has 1 aromatic rings. The fourth-order valence-corrected chi connectivity index (χ4v) is 2.55. The van der Waals surface area contributed by atoms with Gasteiger partial charge in [0.25, 0.3) is 0 Å². The topological polar surface area (TPSA) is 50.9 Å². The summed E-state index contributed by atoms with van der Waals surface area (Å²) in [6.45, 7) is 4.99. The Kier molecular flexibility index (Phi) is 7.56. The van der Waals surface area contributed by atoms with Crippen molar-refractivity contribution in [2.75, 3.05) is 6.61 Å². The Hall–Kier alpha value is -2.07. The number of epoxide rings is 1. The van der Waals surface area contributed by atoms with E-state index in [0.717, 1.165) is 24.8 Å². The molecule has 0 spiro atoms. The molecule has 24 heavy (non-hydrogen) atoms. The van der Waals surface area contributed by atoms with E-state index in [1.54, 1.807) is 0 Å². The number of carbonyl (C=O) groups excluding carboxylic acids is 1. The molecular weight excluding hydrogens is 302 g/mol. The van der Waals surface area contributed by atoms with Gasteiger partial charge < -0.3 is 14.8 Å². The zero-order valence-electron chi connectivity index (χ0n) is 14.5. The molecule has 2 unspecified atom stereocenters. The molecule has 1 fully saturated rings. The van der Waals surface area contributed by atoms with Gasteiger partial charge in [-0.2, -0.15) is 0 Å². The van der Waals surface area contributed by atoms with E-state index in [9.17, 15) is 4.79 Å². The van der Waals surface area contributed by atoms with Crippen LogP contribution in [0.3, 0.4) is 0 Å². The number of rotatable bonds is 6. The zero-order valence-corrected chi connectivity index (χ0v) is 14.5. The van der Waals surface area contributed by atoms with Crippen molar-refractivity contribution in [3.05, 3.63) is 59.7 Å². The molecule has 2 aliphatic rings. The van der Waals surface area contributed by atoms with Gasteiger partial charge in [-0.3, -0.25) is 0 Å². The molecule has 4 heteroatoms. The average Bonchev–Trinajstić information content (AvgIpc) is 3.48. The summed E-state index contributed by atoms with van der Waals surface area (Å²) >= 11 is 0. The van der Waals surface area contributed by atoms with Crippen LogP contribution in [0, 0.1) is 0 Å². The number of allylic oxidation sites excluding steroid dienone is 3. The third-order valence-corrected chi connectivity index (χ3v) is 3.85. The summed E-state index contributed by atoms with van der Waals surface area (Å²) in [5, 5.41) is 2.94. The number of alkyl carbamates (subject to hydrolysis) is 1. The summed E-state index contributed by atoms with van der Waals surface area (Å²) in [5.41, 5.74) is 2.24. The highest BCUT2D eigenvalue weighted by molar-refractivity contribution is 5.67. The molecule has 2 atom stereocenters. The molecule has 1 aromatic carbocycles. The molecule has 1 N–H and O–H groups in total. The molecule has 3 rings (SSSR count). The quantitative estimate of drug-likeness (QED) is 0.788. The SMILES string of the molecule is CC.O=C(NC(CC1=CCCC=C1)C1CO1)OCc1ccccc1. The van der Waals surface area contributed by atoms with E-state index in [-0.39, 0.29) is 24.8 Å². The number of ether oxygens (including phenoxy) is 2. The Balaban J connectivity index is 0.00000100. The fraction of sp³-hybridized carbons (Fsp3) is 0.450. The van der Waals surface area contributed by atoms with Gasteiger partial charge in [0, 0.05) is 0 Å². The average molecular weight is 329 g/mol. The van der Waals surface area contributed by atoms with E-state index < -0.39 is 0 Å². The third-order valence-electron chi connectivity index (χ3n) is 3.85. The van der Waals surface area contributed by atoms with Crippen LogP contribution in [0.1, 0.15) is 38.7 Å². The van der Waals surface area contributed by atoms with Gasteiger partial charge in [0.05, 0.1) is 12.6 Å². The highest BCUT2D eigenvalue weighted by Crippen LogP contribution is 2.23. The van der Waals surface area contributed by atoms with Gasteiger partial charge in [-0.1, -0.05) is 68.0 Å². The molecular formula is C20H27NO3. The van der Waals surface area contributed by atoms with Gasteiger partial charge in [0.15, 0.2) is 0 Å². The second kappa shape index (κ2) is 9.93. The van der Waals surface area contributed by atoms with E-state index >= 15 is 0 Å². The first-order valence-electron chi connectivity index (χ1n) is 8.75. The first-order chi connectivity index (χ1) is 11.8. The predicted molar refractivity (Wildman–Crippen MR) is 95.7 cm³/mol. The van der Waals surface area contributed by atoms with Crippen LogP contribution in [0.25, 0.3) is 0 Å². The van der Waals surface area contributed by atoms with Crippen LogP contribution in [0.2, 0.25) is 0 Å². The van der Waals surface area contributed by atoms with Gasteiger partial charge >= 0.3 is 6.09 Å². The van der Waals surface area contributed by atoms with Gasteiger partial charge in [-0.05, 0) is 24.8 Å². The Morgan fingerprint density at radius 3 is 2.67 bits per heavy atom. The summed E-state index contributed by atoms with van der Waals surface area (Å²) in [5.74, 6) is 0. The summed E-state index contributed by atoms with van der Waals surface area (Å²) < 4.78 is 10.6. The first-order valence-corrected chi connectivity index (χ1v) is 8.75. The summed E-state index contributed by atoms with van der Waals surface area (Å²) in [4.78, 5) is 12.0. The predicted octanol–water partition coefficient (Wildman–Crippen LogP) is 4.37. The fourth-order valence-electron chi connectivity index (χ4n) is 2.55. The van der Waals surface area contributed by atoms with E-state index in [0.29, 0.717) is 6.61 Å². The van der Waals surface area contributed by atoms with Crippen molar-refractivity contribution in [2.24, 2.45) is 0 Å². The number of nitrogens with one attached hydrogen (secondary N) is 1. The molecule has 0 bridgehead atoms. The molecule has 1 saturated heterocycles. The second-order valence-corrected chi connectivity index (χ2v) is 5.65. The van der Waals surface area contributed by atoms with Gasteiger partial charge in [0.2, 0.25) is 0 Å². The number of hydrogen-bond acceptors (Lipinski definition) is 3. The van der Waals surface area contributed by atoms with Crippen molar-refractivity contribution in [1.82, 2.24) is 5.32 Å². The third kappa shape index (κ3) is 6.20. The highest BCUT2D eigenvalue weighted by atomic mass is 16.6. The summed E-state index contributed by atoms with van der Waals surface area (Å²) in [6.07, 6.45) is 9.23. The van der Waals surface area contributed by atoms with Gasteiger partial charge in [-0.15, -0.1) is 0 Å². The maximum Gasteiger partial charge on any atom is 0.407 e. The number of benzene rings is 1. The molecule has 1 aliphatic carbocycles. The smallest absolute Gasteiger partial charge is 0.407 e. The number of carbonyl (C=O) groups is 1. The highest BCUT2D eigenvalue weighted by Gasteiger charge is 2.34. The van der Waals surface area contributed by atoms with E-state index in [2.05, 4.69) is 23.5 Å². The van der Waals surface area contributed by atoms with Crippen molar-refractivity contribution >= 4 is 6.09 Å². The van der Waals surface area contributed by atoms with Crippen LogP contribution in [-0.2, 0) is 16.1 Å². The van der Waals surface area contributed by atoms with Crippen LogP contribution >= 0.6 is 0 Å². The van der Waals surface area contributed by atoms with Crippen molar-refractivity contribution < 1.29 is 14.3 Å². The minimum atomic E-state index is -0.384. The minimum Gasteiger partial charge on any atom is -0.445 e. The Labute approximate surface area is 144 Å². The Morgan fingerprint density at radius 2 is 2.04 bits per heavy atom. The van der Waals surface area contributed by atoms with E-state index in [4.69, 9.17) is 9.47 Å². The first kappa shape index (κ1) is 18.3. The van der Waals surface area contributed by atoms with Gasteiger partial charge in [0.1, 0.15) is 12.7 Å². The summed E-state index contributed by atoms with van der Waals surface area (Å²) in [6, 6.07) is 9.66. The van der Waals surface area contributed by atoms with E-state index in [1.165, 1.54) is 5.57 Å². The molecule has 0 saturated carbocycles. The molecule has 0 aromatic heterocycles. The molecule has 1 amide bonds. The molecule has 0 radical (unpaired) electrons. The van der Waals surface area contributed by atoms with Gasteiger partial charge in [-0.25, -0.2) is 4.79 Å². The van der Waals surface area contributed by atoms with Crippen LogP contribution < -0.4 is 5.32 Å². The number of hydrogen-bond donors (Lipinski definition) is 1. The maximum absolute atomic E-state index is 12.0. The molecule has 4 nitrogen and oxygen atoms in total. The van der Waals surface area contributed by atoms with Crippen molar-refractivity contribution in [1.29, 1.82) is 0 Å². The largest absolute Gasteiger partial charge is 0.445 e. The lowest BCUT2D eigenvalue weighted by atomic mass is 9.99. The second-order valence-electron chi connectivity index (χ2n) is 5.65.